The van der Waals surface area contributed by atoms with E-state index in [4.69, 9.17) is 0 Å². The van der Waals surface area contributed by atoms with Crippen LogP contribution in [0.15, 0.2) is 65.8 Å². The number of nitrogens with zero attached hydrogens (tertiary/aromatic N) is 5. The molecule has 2 aromatic carbocycles. The summed E-state index contributed by atoms with van der Waals surface area (Å²) < 4.78 is 28.8. The fraction of sp³-hybridized carbons (Fsp3) is 0.360. The van der Waals surface area contributed by atoms with Gasteiger partial charge in [0.25, 0.3) is 5.91 Å². The zero-order chi connectivity index (χ0) is 24.3. The molecule has 180 valence electrons. The molecule has 0 aliphatic carbocycles. The molecule has 0 N–H and O–H groups in total. The minimum absolute atomic E-state index is 0.0895. The van der Waals surface area contributed by atoms with Crippen molar-refractivity contribution in [3.63, 3.8) is 0 Å². The number of imidazole rings is 1. The van der Waals surface area contributed by atoms with E-state index in [0.29, 0.717) is 44.8 Å². The van der Waals surface area contributed by atoms with Crippen LogP contribution in [0.3, 0.4) is 0 Å². The van der Waals surface area contributed by atoms with Crippen molar-refractivity contribution in [3.05, 3.63) is 72.1 Å². The Balaban J connectivity index is 1.42. The molecule has 1 aliphatic rings. The van der Waals surface area contributed by atoms with Gasteiger partial charge >= 0.3 is 0 Å². The van der Waals surface area contributed by atoms with E-state index >= 15 is 0 Å². The number of aryl methyl sites for hydroxylation is 1. The van der Waals surface area contributed by atoms with Crippen LogP contribution >= 0.6 is 0 Å². The fourth-order valence-electron chi connectivity index (χ4n) is 4.21. The maximum atomic E-state index is 13.0. The number of hydrogen-bond donors (Lipinski definition) is 0. The van der Waals surface area contributed by atoms with Crippen LogP contribution in [-0.2, 0) is 10.0 Å². The number of benzene rings is 2. The van der Waals surface area contributed by atoms with E-state index in [1.54, 1.807) is 18.3 Å². The highest BCUT2D eigenvalue weighted by atomic mass is 32.2. The van der Waals surface area contributed by atoms with Gasteiger partial charge in [-0.3, -0.25) is 9.36 Å². The molecule has 0 unspecified atom stereocenters. The summed E-state index contributed by atoms with van der Waals surface area (Å²) in [6, 6.07) is 14.6. The molecule has 0 bridgehead atoms. The molecule has 4 rings (SSSR count). The first-order valence-electron chi connectivity index (χ1n) is 11.6. The SMILES string of the molecule is CCN(CC)S(=O)(=O)c1ccc(C(=O)N2CCN(c3nccn3-c3ccc(C)cc3)CC2)cc1. The van der Waals surface area contributed by atoms with Gasteiger partial charge in [-0.05, 0) is 43.3 Å². The lowest BCUT2D eigenvalue weighted by Gasteiger charge is -2.35. The standard InChI is InChI=1S/C25H31N5O3S/c1-4-29(5-2)34(32,33)23-12-8-21(9-13-23)24(31)27-16-18-28(19-17-27)25-26-14-15-30(25)22-10-6-20(3)7-11-22/h6-15H,4-5,16-19H2,1-3H3. The van der Waals surface area contributed by atoms with E-state index in [1.165, 1.54) is 22.0 Å². The number of piperazine rings is 1. The Labute approximate surface area is 201 Å². The summed E-state index contributed by atoms with van der Waals surface area (Å²) in [6.07, 6.45) is 3.74. The third kappa shape index (κ3) is 4.71. The predicted octanol–water partition coefficient (Wildman–Crippen LogP) is 3.17. The summed E-state index contributed by atoms with van der Waals surface area (Å²) >= 11 is 0. The van der Waals surface area contributed by atoms with Crippen LogP contribution < -0.4 is 4.90 Å². The number of anilines is 1. The van der Waals surface area contributed by atoms with Crippen LogP contribution in [0.4, 0.5) is 5.95 Å². The van der Waals surface area contributed by atoms with Crippen LogP contribution in [-0.4, -0.2) is 72.3 Å². The summed E-state index contributed by atoms with van der Waals surface area (Å²) in [6.45, 7) is 8.98. The Morgan fingerprint density at radius 1 is 0.941 bits per heavy atom. The van der Waals surface area contributed by atoms with Crippen molar-refractivity contribution in [2.75, 3.05) is 44.2 Å². The zero-order valence-corrected chi connectivity index (χ0v) is 20.7. The van der Waals surface area contributed by atoms with E-state index < -0.39 is 10.0 Å². The Morgan fingerprint density at radius 2 is 1.56 bits per heavy atom. The number of carbonyl (C=O) groups excluding carboxylic acids is 1. The maximum absolute atomic E-state index is 13.0. The van der Waals surface area contributed by atoms with Crippen LogP contribution in [0.2, 0.25) is 0 Å². The highest BCUT2D eigenvalue weighted by molar-refractivity contribution is 7.89. The third-order valence-electron chi connectivity index (χ3n) is 6.23. The van der Waals surface area contributed by atoms with Crippen molar-refractivity contribution in [2.45, 2.75) is 25.7 Å². The van der Waals surface area contributed by atoms with Gasteiger partial charge in [-0.2, -0.15) is 4.31 Å². The lowest BCUT2D eigenvalue weighted by atomic mass is 10.2. The van der Waals surface area contributed by atoms with Crippen molar-refractivity contribution in [2.24, 2.45) is 0 Å². The molecule has 3 aromatic rings. The van der Waals surface area contributed by atoms with Gasteiger partial charge in [-0.25, -0.2) is 13.4 Å². The monoisotopic (exact) mass is 481 g/mol. The van der Waals surface area contributed by atoms with Gasteiger partial charge in [0.05, 0.1) is 4.90 Å². The van der Waals surface area contributed by atoms with Crippen LogP contribution in [0, 0.1) is 6.92 Å². The molecule has 0 spiro atoms. The van der Waals surface area contributed by atoms with Crippen molar-refractivity contribution in [3.8, 4) is 5.69 Å². The van der Waals surface area contributed by atoms with Gasteiger partial charge in [-0.1, -0.05) is 31.5 Å². The molecular formula is C25H31N5O3S. The summed E-state index contributed by atoms with van der Waals surface area (Å²) in [5.41, 5.74) is 2.75. The maximum Gasteiger partial charge on any atom is 0.253 e. The molecule has 0 saturated carbocycles. The van der Waals surface area contributed by atoms with Crippen LogP contribution in [0.5, 0.6) is 0 Å². The molecule has 34 heavy (non-hydrogen) atoms. The Hall–Kier alpha value is -3.17. The average Bonchev–Trinajstić information content (AvgIpc) is 3.35. The normalized spacial score (nSPS) is 14.6. The summed E-state index contributed by atoms with van der Waals surface area (Å²) in [5, 5.41) is 0. The smallest absolute Gasteiger partial charge is 0.253 e. The minimum atomic E-state index is -3.54. The first kappa shape index (κ1) is 24.0. The molecular weight excluding hydrogens is 450 g/mol. The van der Waals surface area contributed by atoms with Crippen molar-refractivity contribution in [1.29, 1.82) is 0 Å². The summed E-state index contributed by atoms with van der Waals surface area (Å²) in [4.78, 5) is 21.8. The second-order valence-electron chi connectivity index (χ2n) is 8.33. The van der Waals surface area contributed by atoms with E-state index in [-0.39, 0.29) is 10.8 Å². The number of aromatic nitrogens is 2. The van der Waals surface area contributed by atoms with Gasteiger partial charge in [-0.15, -0.1) is 0 Å². The number of amides is 1. The lowest BCUT2D eigenvalue weighted by molar-refractivity contribution is 0.0746. The van der Waals surface area contributed by atoms with Gasteiger partial charge in [0, 0.05) is 62.9 Å². The molecule has 1 saturated heterocycles. The quantitative estimate of drug-likeness (QED) is 0.518. The number of carbonyl (C=O) groups is 1. The van der Waals surface area contributed by atoms with Crippen LogP contribution in [0.1, 0.15) is 29.8 Å². The summed E-state index contributed by atoms with van der Waals surface area (Å²) in [7, 11) is -3.54. The topological polar surface area (TPSA) is 78.8 Å². The highest BCUT2D eigenvalue weighted by Crippen LogP contribution is 2.21. The number of rotatable bonds is 7. The average molecular weight is 482 g/mol. The van der Waals surface area contributed by atoms with Gasteiger partial charge < -0.3 is 9.80 Å². The Kier molecular flexibility index (Phi) is 7.04. The molecule has 0 atom stereocenters. The molecule has 1 amide bonds. The zero-order valence-electron chi connectivity index (χ0n) is 19.9. The minimum Gasteiger partial charge on any atom is -0.338 e. The van der Waals surface area contributed by atoms with Gasteiger partial charge in [0.1, 0.15) is 0 Å². The summed E-state index contributed by atoms with van der Waals surface area (Å²) in [5.74, 6) is 0.773. The molecule has 1 aromatic heterocycles. The molecule has 2 heterocycles. The van der Waals surface area contributed by atoms with Crippen molar-refractivity contribution >= 4 is 21.9 Å². The van der Waals surface area contributed by atoms with Crippen molar-refractivity contribution in [1.82, 2.24) is 18.8 Å². The lowest BCUT2D eigenvalue weighted by Crippen LogP contribution is -2.49. The van der Waals surface area contributed by atoms with Gasteiger partial charge in [0.15, 0.2) is 0 Å². The predicted molar refractivity (Wildman–Crippen MR) is 133 cm³/mol. The second kappa shape index (κ2) is 9.99. The first-order valence-corrected chi connectivity index (χ1v) is 13.0. The fourth-order valence-corrected chi connectivity index (χ4v) is 5.67. The van der Waals surface area contributed by atoms with Gasteiger partial charge in [0.2, 0.25) is 16.0 Å². The van der Waals surface area contributed by atoms with E-state index in [2.05, 4.69) is 45.6 Å². The number of sulfonamides is 1. The van der Waals surface area contributed by atoms with E-state index in [1.807, 2.05) is 24.9 Å². The molecule has 0 radical (unpaired) electrons. The van der Waals surface area contributed by atoms with E-state index in [0.717, 1.165) is 11.6 Å². The molecule has 1 fully saturated rings. The number of hydrogen-bond acceptors (Lipinski definition) is 5. The molecule has 1 aliphatic heterocycles. The third-order valence-corrected chi connectivity index (χ3v) is 8.29. The molecule has 9 heteroatoms. The largest absolute Gasteiger partial charge is 0.338 e. The van der Waals surface area contributed by atoms with E-state index in [9.17, 15) is 13.2 Å². The Bertz CT molecular complexity index is 1220. The molecule has 8 nitrogen and oxygen atoms in total. The Morgan fingerprint density at radius 3 is 2.15 bits per heavy atom. The second-order valence-corrected chi connectivity index (χ2v) is 10.3. The van der Waals surface area contributed by atoms with Crippen molar-refractivity contribution < 1.29 is 13.2 Å². The van der Waals surface area contributed by atoms with Crippen LogP contribution in [0.25, 0.3) is 5.69 Å². The highest BCUT2D eigenvalue weighted by Gasteiger charge is 2.26. The first-order chi connectivity index (χ1) is 16.3.